The summed E-state index contributed by atoms with van der Waals surface area (Å²) >= 11 is 0. The summed E-state index contributed by atoms with van der Waals surface area (Å²) in [5, 5.41) is 13.5. The molecule has 0 saturated heterocycles. The van der Waals surface area contributed by atoms with Crippen molar-refractivity contribution in [3.8, 4) is 0 Å². The van der Waals surface area contributed by atoms with E-state index in [0.29, 0.717) is 37.2 Å². The minimum absolute atomic E-state index is 0.0287. The van der Waals surface area contributed by atoms with Crippen LogP contribution >= 0.6 is 0 Å². The van der Waals surface area contributed by atoms with Crippen LogP contribution in [0.25, 0.3) is 0 Å². The smallest absolute Gasteiger partial charge is 0.168 e. The zero-order valence-electron chi connectivity index (χ0n) is 9.25. The fourth-order valence-corrected chi connectivity index (χ4v) is 1.58. The number of allylic oxidation sites excluding steroid dienone is 2. The van der Waals surface area contributed by atoms with Crippen LogP contribution in [0.5, 0.6) is 0 Å². The molecule has 0 aliphatic heterocycles. The van der Waals surface area contributed by atoms with Gasteiger partial charge in [0.05, 0.1) is 11.3 Å². The molecule has 0 bridgehead atoms. The topological polar surface area (TPSA) is 58.9 Å². The standard InChI is InChI=1S/C11H17NO3/c1-3-8(12-15-4-2)11-9(13)6-5-7-10(11)14/h13H,3-7H2,1-2H3. The van der Waals surface area contributed by atoms with E-state index in [2.05, 4.69) is 5.16 Å². The van der Waals surface area contributed by atoms with Crippen LogP contribution in [-0.4, -0.2) is 23.2 Å². The summed E-state index contributed by atoms with van der Waals surface area (Å²) < 4.78 is 0. The maximum Gasteiger partial charge on any atom is 0.168 e. The van der Waals surface area contributed by atoms with Gasteiger partial charge in [-0.25, -0.2) is 0 Å². The van der Waals surface area contributed by atoms with E-state index in [9.17, 15) is 9.90 Å². The van der Waals surface area contributed by atoms with E-state index in [1.807, 2.05) is 13.8 Å². The molecule has 0 aromatic heterocycles. The number of hydrogen-bond acceptors (Lipinski definition) is 4. The average Bonchev–Trinajstić information content (AvgIpc) is 2.22. The van der Waals surface area contributed by atoms with E-state index in [4.69, 9.17) is 4.84 Å². The van der Waals surface area contributed by atoms with E-state index in [-0.39, 0.29) is 11.5 Å². The van der Waals surface area contributed by atoms with Crippen LogP contribution in [0.15, 0.2) is 16.5 Å². The first kappa shape index (κ1) is 11.8. The van der Waals surface area contributed by atoms with Crippen molar-refractivity contribution in [2.24, 2.45) is 5.16 Å². The number of aliphatic hydroxyl groups is 1. The lowest BCUT2D eigenvalue weighted by Gasteiger charge is -2.15. The first-order chi connectivity index (χ1) is 7.20. The SMILES string of the molecule is CCON=C(CC)C1=C(O)CCCC1=O. The third kappa shape index (κ3) is 2.81. The van der Waals surface area contributed by atoms with E-state index in [1.54, 1.807) is 0 Å². The third-order valence-corrected chi connectivity index (χ3v) is 2.31. The Kier molecular flexibility index (Phi) is 4.34. The predicted octanol–water partition coefficient (Wildman–Crippen LogP) is 2.35. The Labute approximate surface area is 89.6 Å². The van der Waals surface area contributed by atoms with Gasteiger partial charge in [-0.05, 0) is 19.8 Å². The molecule has 0 fully saturated rings. The summed E-state index contributed by atoms with van der Waals surface area (Å²) in [7, 11) is 0. The van der Waals surface area contributed by atoms with Crippen LogP contribution in [0.3, 0.4) is 0 Å². The number of carbonyl (C=O) groups is 1. The normalized spacial score (nSPS) is 18.3. The minimum Gasteiger partial charge on any atom is -0.511 e. The molecule has 4 heteroatoms. The first-order valence-corrected chi connectivity index (χ1v) is 5.35. The fourth-order valence-electron chi connectivity index (χ4n) is 1.58. The van der Waals surface area contributed by atoms with Crippen LogP contribution in [0.4, 0.5) is 0 Å². The van der Waals surface area contributed by atoms with Crippen LogP contribution in [0.2, 0.25) is 0 Å². The number of hydrogen-bond donors (Lipinski definition) is 1. The Morgan fingerprint density at radius 3 is 2.73 bits per heavy atom. The van der Waals surface area contributed by atoms with Crippen LogP contribution in [0, 0.1) is 0 Å². The number of Topliss-reactive ketones (excluding diaryl/α,β-unsaturated/α-hetero) is 1. The molecule has 0 unspecified atom stereocenters. The number of rotatable bonds is 4. The summed E-state index contributed by atoms with van der Waals surface area (Å²) in [5.74, 6) is 0.130. The highest BCUT2D eigenvalue weighted by Crippen LogP contribution is 2.22. The van der Waals surface area contributed by atoms with Gasteiger partial charge < -0.3 is 9.94 Å². The lowest BCUT2D eigenvalue weighted by Crippen LogP contribution is -2.19. The summed E-state index contributed by atoms with van der Waals surface area (Å²) in [6.07, 6.45) is 2.36. The quantitative estimate of drug-likeness (QED) is 0.573. The van der Waals surface area contributed by atoms with Crippen molar-refractivity contribution in [1.82, 2.24) is 0 Å². The van der Waals surface area contributed by atoms with Crippen molar-refractivity contribution in [3.63, 3.8) is 0 Å². The molecule has 84 valence electrons. The molecule has 0 radical (unpaired) electrons. The second-order valence-electron chi connectivity index (χ2n) is 3.41. The highest BCUT2D eigenvalue weighted by atomic mass is 16.6. The molecule has 0 saturated carbocycles. The van der Waals surface area contributed by atoms with Crippen molar-refractivity contribution >= 4 is 11.5 Å². The zero-order chi connectivity index (χ0) is 11.3. The van der Waals surface area contributed by atoms with Crippen molar-refractivity contribution in [1.29, 1.82) is 0 Å². The molecule has 0 heterocycles. The Bertz CT molecular complexity index is 305. The largest absolute Gasteiger partial charge is 0.511 e. The Balaban J connectivity index is 2.95. The molecule has 1 aliphatic carbocycles. The second-order valence-corrected chi connectivity index (χ2v) is 3.41. The lowest BCUT2D eigenvalue weighted by atomic mass is 9.92. The molecule has 0 amide bonds. The number of ketones is 1. The van der Waals surface area contributed by atoms with Gasteiger partial charge in [0.2, 0.25) is 0 Å². The van der Waals surface area contributed by atoms with Crippen LogP contribution in [-0.2, 0) is 9.63 Å². The molecule has 4 nitrogen and oxygen atoms in total. The van der Waals surface area contributed by atoms with Crippen LogP contribution in [0.1, 0.15) is 39.5 Å². The lowest BCUT2D eigenvalue weighted by molar-refractivity contribution is -0.115. The van der Waals surface area contributed by atoms with Crippen molar-refractivity contribution < 1.29 is 14.7 Å². The number of aliphatic hydroxyl groups excluding tert-OH is 1. The van der Waals surface area contributed by atoms with Gasteiger partial charge in [0.15, 0.2) is 5.78 Å². The Hall–Kier alpha value is -1.32. The van der Waals surface area contributed by atoms with Crippen molar-refractivity contribution in [3.05, 3.63) is 11.3 Å². The molecular weight excluding hydrogens is 194 g/mol. The fraction of sp³-hybridized carbons (Fsp3) is 0.636. The molecular formula is C11H17NO3. The highest BCUT2D eigenvalue weighted by molar-refractivity contribution is 6.22. The van der Waals surface area contributed by atoms with E-state index < -0.39 is 0 Å². The first-order valence-electron chi connectivity index (χ1n) is 5.35. The molecule has 0 atom stereocenters. The predicted molar refractivity (Wildman–Crippen MR) is 57.9 cm³/mol. The minimum atomic E-state index is -0.0287. The second kappa shape index (κ2) is 5.53. The number of oxime groups is 1. The number of carbonyl (C=O) groups excluding carboxylic acids is 1. The number of nitrogens with zero attached hydrogens (tertiary/aromatic N) is 1. The van der Waals surface area contributed by atoms with Gasteiger partial charge >= 0.3 is 0 Å². The van der Waals surface area contributed by atoms with Gasteiger partial charge in [-0.3, -0.25) is 4.79 Å². The van der Waals surface area contributed by atoms with Gasteiger partial charge in [0.1, 0.15) is 12.4 Å². The Morgan fingerprint density at radius 2 is 2.20 bits per heavy atom. The van der Waals surface area contributed by atoms with Crippen LogP contribution < -0.4 is 0 Å². The molecule has 0 spiro atoms. The molecule has 0 aromatic rings. The molecule has 15 heavy (non-hydrogen) atoms. The molecule has 1 aliphatic rings. The summed E-state index contributed by atoms with van der Waals surface area (Å²) in [5.41, 5.74) is 0.927. The van der Waals surface area contributed by atoms with E-state index in [0.717, 1.165) is 6.42 Å². The highest BCUT2D eigenvalue weighted by Gasteiger charge is 2.24. The summed E-state index contributed by atoms with van der Waals surface area (Å²) in [4.78, 5) is 16.5. The molecule has 1 N–H and O–H groups in total. The van der Waals surface area contributed by atoms with Gasteiger partial charge in [0, 0.05) is 12.8 Å². The van der Waals surface area contributed by atoms with Gasteiger partial charge in [-0.15, -0.1) is 0 Å². The third-order valence-electron chi connectivity index (χ3n) is 2.31. The monoisotopic (exact) mass is 211 g/mol. The van der Waals surface area contributed by atoms with Crippen molar-refractivity contribution in [2.45, 2.75) is 39.5 Å². The van der Waals surface area contributed by atoms with Crippen molar-refractivity contribution in [2.75, 3.05) is 6.61 Å². The summed E-state index contributed by atoms with van der Waals surface area (Å²) in [6, 6.07) is 0. The molecule has 0 aromatic carbocycles. The van der Waals surface area contributed by atoms with E-state index >= 15 is 0 Å². The van der Waals surface area contributed by atoms with Gasteiger partial charge in [0.25, 0.3) is 0 Å². The van der Waals surface area contributed by atoms with Gasteiger partial charge in [-0.2, -0.15) is 0 Å². The van der Waals surface area contributed by atoms with E-state index in [1.165, 1.54) is 0 Å². The average molecular weight is 211 g/mol. The maximum atomic E-state index is 11.6. The zero-order valence-corrected chi connectivity index (χ0v) is 9.25. The Morgan fingerprint density at radius 1 is 1.47 bits per heavy atom. The molecule has 1 rings (SSSR count). The maximum absolute atomic E-state index is 11.6. The summed E-state index contributed by atoms with van der Waals surface area (Å²) in [6.45, 7) is 4.18. The van der Waals surface area contributed by atoms with Gasteiger partial charge in [-0.1, -0.05) is 12.1 Å².